The van der Waals surface area contributed by atoms with Crippen molar-refractivity contribution >= 4 is 23.5 Å². The van der Waals surface area contributed by atoms with Crippen molar-refractivity contribution in [1.82, 2.24) is 15.1 Å². The van der Waals surface area contributed by atoms with Gasteiger partial charge < -0.3 is 26.0 Å². The van der Waals surface area contributed by atoms with Crippen molar-refractivity contribution in [3.05, 3.63) is 35.4 Å². The number of carbonyl (C=O) groups excluding carboxylic acids is 4. The van der Waals surface area contributed by atoms with Gasteiger partial charge in [0.1, 0.15) is 6.61 Å². The van der Waals surface area contributed by atoms with Crippen molar-refractivity contribution in [1.29, 1.82) is 0 Å². The molecule has 158 valence electrons. The van der Waals surface area contributed by atoms with Crippen molar-refractivity contribution in [2.45, 2.75) is 25.8 Å². The predicted molar refractivity (Wildman–Crippen MR) is 106 cm³/mol. The summed E-state index contributed by atoms with van der Waals surface area (Å²) >= 11 is 0. The molecule has 1 aromatic carbocycles. The summed E-state index contributed by atoms with van der Waals surface area (Å²) in [5.41, 5.74) is 7.72. The monoisotopic (exact) mass is 404 g/mol. The molecule has 1 aliphatic rings. The minimum Gasteiger partial charge on any atom is -0.388 e. The summed E-state index contributed by atoms with van der Waals surface area (Å²) in [7, 11) is 0. The van der Waals surface area contributed by atoms with Crippen LogP contribution in [0, 0.1) is 0 Å². The second kappa shape index (κ2) is 11.3. The summed E-state index contributed by atoms with van der Waals surface area (Å²) in [6.07, 6.45) is 1.15. The molecule has 1 aliphatic heterocycles. The van der Waals surface area contributed by atoms with Gasteiger partial charge in [-0.25, -0.2) is 0 Å². The molecular weight excluding hydrogens is 376 g/mol. The zero-order valence-corrected chi connectivity index (χ0v) is 16.4. The standard InChI is InChI=1S/C20H28N4O5/c21-13-16-3-1-15(2-4-16)5-6-18(27)23-9-11-24(12-10-23)19(28)7-8-22-20(29)17(26)14-25/h1-4,25H,5-14,21H2,(H,22,29). The molecule has 0 radical (unpaired) electrons. The van der Waals surface area contributed by atoms with Gasteiger partial charge in [-0.3, -0.25) is 19.2 Å². The number of aryl methyl sites for hydroxylation is 1. The molecular formula is C20H28N4O5. The number of aliphatic hydroxyl groups is 1. The molecule has 0 unspecified atom stereocenters. The SMILES string of the molecule is NCc1ccc(CCC(=O)N2CCN(C(=O)CCNC(=O)C(=O)CO)CC2)cc1. The third-order valence-corrected chi connectivity index (χ3v) is 4.89. The topological polar surface area (TPSA) is 133 Å². The van der Waals surface area contributed by atoms with E-state index in [1.54, 1.807) is 9.80 Å². The lowest BCUT2D eigenvalue weighted by atomic mass is 10.1. The Labute approximate surface area is 169 Å². The lowest BCUT2D eigenvalue weighted by molar-refractivity contribution is -0.140. The molecule has 0 spiro atoms. The minimum atomic E-state index is -0.931. The average Bonchev–Trinajstić information content (AvgIpc) is 2.77. The van der Waals surface area contributed by atoms with Crippen LogP contribution < -0.4 is 11.1 Å². The van der Waals surface area contributed by atoms with Crippen LogP contribution in [0.3, 0.4) is 0 Å². The Morgan fingerprint density at radius 2 is 1.41 bits per heavy atom. The molecule has 1 saturated heterocycles. The van der Waals surface area contributed by atoms with E-state index in [0.717, 1.165) is 11.1 Å². The van der Waals surface area contributed by atoms with E-state index in [1.807, 2.05) is 24.3 Å². The van der Waals surface area contributed by atoms with E-state index in [0.29, 0.717) is 45.6 Å². The van der Waals surface area contributed by atoms with Gasteiger partial charge in [0.05, 0.1) is 0 Å². The fourth-order valence-corrected chi connectivity index (χ4v) is 3.07. The number of rotatable bonds is 9. The molecule has 0 bridgehead atoms. The summed E-state index contributed by atoms with van der Waals surface area (Å²) in [6.45, 7) is 1.52. The second-order valence-electron chi connectivity index (χ2n) is 6.87. The van der Waals surface area contributed by atoms with Crippen molar-refractivity contribution in [2.75, 3.05) is 39.3 Å². The van der Waals surface area contributed by atoms with Crippen molar-refractivity contribution < 1.29 is 24.3 Å². The number of amides is 3. The van der Waals surface area contributed by atoms with Gasteiger partial charge in [-0.15, -0.1) is 0 Å². The lowest BCUT2D eigenvalue weighted by Gasteiger charge is -2.35. The number of aliphatic hydroxyl groups excluding tert-OH is 1. The molecule has 29 heavy (non-hydrogen) atoms. The van der Waals surface area contributed by atoms with Crippen LogP contribution in [-0.4, -0.2) is 77.7 Å². The lowest BCUT2D eigenvalue weighted by Crippen LogP contribution is -2.51. The largest absolute Gasteiger partial charge is 0.388 e. The van der Waals surface area contributed by atoms with Crippen LogP contribution in [0.1, 0.15) is 24.0 Å². The van der Waals surface area contributed by atoms with Gasteiger partial charge in [0.15, 0.2) is 0 Å². The number of ketones is 1. The molecule has 0 aromatic heterocycles. The first kappa shape index (κ1) is 22.5. The first-order valence-electron chi connectivity index (χ1n) is 9.70. The second-order valence-corrected chi connectivity index (χ2v) is 6.87. The normalized spacial score (nSPS) is 13.9. The van der Waals surface area contributed by atoms with Gasteiger partial charge >= 0.3 is 0 Å². The highest BCUT2D eigenvalue weighted by Gasteiger charge is 2.24. The van der Waals surface area contributed by atoms with Crippen molar-refractivity contribution in [3.63, 3.8) is 0 Å². The highest BCUT2D eigenvalue weighted by atomic mass is 16.3. The maximum Gasteiger partial charge on any atom is 0.289 e. The Balaban J connectivity index is 1.67. The van der Waals surface area contributed by atoms with E-state index in [9.17, 15) is 19.2 Å². The van der Waals surface area contributed by atoms with Crippen LogP contribution in [0.2, 0.25) is 0 Å². The molecule has 1 aromatic rings. The van der Waals surface area contributed by atoms with Crippen LogP contribution in [0.4, 0.5) is 0 Å². The van der Waals surface area contributed by atoms with Crippen LogP contribution >= 0.6 is 0 Å². The van der Waals surface area contributed by atoms with E-state index in [2.05, 4.69) is 5.32 Å². The highest BCUT2D eigenvalue weighted by molar-refractivity contribution is 6.36. The Morgan fingerprint density at radius 3 is 1.93 bits per heavy atom. The predicted octanol–water partition coefficient (Wildman–Crippen LogP) is -1.18. The molecule has 1 heterocycles. The molecule has 1 fully saturated rings. The molecule has 9 heteroatoms. The fraction of sp³-hybridized carbons (Fsp3) is 0.500. The zero-order chi connectivity index (χ0) is 21.2. The number of nitrogens with two attached hydrogens (primary N) is 1. The van der Waals surface area contributed by atoms with E-state index in [1.165, 1.54) is 0 Å². The number of benzene rings is 1. The maximum atomic E-state index is 12.4. The van der Waals surface area contributed by atoms with Gasteiger partial charge in [0.25, 0.3) is 5.91 Å². The molecule has 0 saturated carbocycles. The Bertz CT molecular complexity index is 727. The average molecular weight is 404 g/mol. The van der Waals surface area contributed by atoms with E-state index < -0.39 is 18.3 Å². The third kappa shape index (κ3) is 6.95. The number of Topliss-reactive ketones (excluding diaryl/α,β-unsaturated/α-hetero) is 1. The van der Waals surface area contributed by atoms with Gasteiger partial charge in [-0.2, -0.15) is 0 Å². The Kier molecular flexibility index (Phi) is 8.75. The van der Waals surface area contributed by atoms with E-state index in [-0.39, 0.29) is 24.8 Å². The summed E-state index contributed by atoms with van der Waals surface area (Å²) in [5, 5.41) is 10.9. The number of carbonyl (C=O) groups is 4. The van der Waals surface area contributed by atoms with Gasteiger partial charge in [-0.05, 0) is 17.5 Å². The summed E-state index contributed by atoms with van der Waals surface area (Å²) in [6, 6.07) is 7.90. The maximum absolute atomic E-state index is 12.4. The smallest absolute Gasteiger partial charge is 0.289 e. The van der Waals surface area contributed by atoms with Gasteiger partial charge in [-0.1, -0.05) is 24.3 Å². The summed E-state index contributed by atoms with van der Waals surface area (Å²) < 4.78 is 0. The number of nitrogens with one attached hydrogen (secondary N) is 1. The molecule has 0 aliphatic carbocycles. The van der Waals surface area contributed by atoms with Gasteiger partial charge in [0, 0.05) is 52.1 Å². The number of nitrogens with zero attached hydrogens (tertiary/aromatic N) is 2. The quantitative estimate of drug-likeness (QED) is 0.444. The van der Waals surface area contributed by atoms with Crippen LogP contribution in [0.5, 0.6) is 0 Å². The molecule has 9 nitrogen and oxygen atoms in total. The first-order valence-corrected chi connectivity index (χ1v) is 9.70. The molecule has 4 N–H and O–H groups in total. The zero-order valence-electron chi connectivity index (χ0n) is 16.4. The molecule has 0 atom stereocenters. The Hall–Kier alpha value is -2.78. The highest BCUT2D eigenvalue weighted by Crippen LogP contribution is 2.10. The van der Waals surface area contributed by atoms with Crippen molar-refractivity contribution in [2.24, 2.45) is 5.73 Å². The van der Waals surface area contributed by atoms with Crippen LogP contribution in [-0.2, 0) is 32.1 Å². The fourth-order valence-electron chi connectivity index (χ4n) is 3.07. The first-order chi connectivity index (χ1) is 13.9. The van der Waals surface area contributed by atoms with Crippen molar-refractivity contribution in [3.8, 4) is 0 Å². The number of hydrogen-bond acceptors (Lipinski definition) is 6. The summed E-state index contributed by atoms with van der Waals surface area (Å²) in [5.74, 6) is -1.91. The minimum absolute atomic E-state index is 0.0332. The number of hydrogen-bond donors (Lipinski definition) is 3. The molecule has 3 amide bonds. The summed E-state index contributed by atoms with van der Waals surface area (Å²) in [4.78, 5) is 50.2. The number of piperazine rings is 1. The van der Waals surface area contributed by atoms with E-state index in [4.69, 9.17) is 10.8 Å². The van der Waals surface area contributed by atoms with E-state index >= 15 is 0 Å². The Morgan fingerprint density at radius 1 is 0.897 bits per heavy atom. The molecule has 2 rings (SSSR count). The van der Waals surface area contributed by atoms with Gasteiger partial charge in [0.2, 0.25) is 17.6 Å². The third-order valence-electron chi connectivity index (χ3n) is 4.89. The van der Waals surface area contributed by atoms with Crippen LogP contribution in [0.15, 0.2) is 24.3 Å². The van der Waals surface area contributed by atoms with Crippen LogP contribution in [0.25, 0.3) is 0 Å².